The number of aliphatic imine (C=N–C) groups is 1. The van der Waals surface area contributed by atoms with E-state index in [0.29, 0.717) is 28.2 Å². The summed E-state index contributed by atoms with van der Waals surface area (Å²) in [6.07, 6.45) is 1.92. The summed E-state index contributed by atoms with van der Waals surface area (Å²) in [5, 5.41) is 12.9. The molecular formula is C21H28FN7S2. The second kappa shape index (κ2) is 11.6. The van der Waals surface area contributed by atoms with Crippen LogP contribution in [0, 0.1) is 19.7 Å². The van der Waals surface area contributed by atoms with Crippen molar-refractivity contribution in [2.45, 2.75) is 27.3 Å². The highest BCUT2D eigenvalue weighted by atomic mass is 32.2. The molecule has 166 valence electrons. The van der Waals surface area contributed by atoms with E-state index < -0.39 is 0 Å². The average Bonchev–Trinajstić information content (AvgIpc) is 3.04. The number of benzene rings is 1. The molecule has 2 rings (SSSR count). The molecule has 0 saturated heterocycles. The van der Waals surface area contributed by atoms with Crippen molar-refractivity contribution in [3.8, 4) is 0 Å². The van der Waals surface area contributed by atoms with Crippen LogP contribution >= 0.6 is 24.0 Å². The van der Waals surface area contributed by atoms with E-state index >= 15 is 0 Å². The molecule has 0 fully saturated rings. The SMILES string of the molecule is CN=C(N/N=C(C)/C(=N/NC(=S)NC)c1cc(C)n(Cc2ccc(F)cc2)c1C)SC. The molecule has 0 unspecified atom stereocenters. The van der Waals surface area contributed by atoms with E-state index in [-0.39, 0.29) is 5.82 Å². The van der Waals surface area contributed by atoms with Crippen LogP contribution in [0.3, 0.4) is 0 Å². The van der Waals surface area contributed by atoms with Gasteiger partial charge in [-0.05, 0) is 63.0 Å². The number of aromatic nitrogens is 1. The molecule has 0 bridgehead atoms. The van der Waals surface area contributed by atoms with E-state index in [1.807, 2.05) is 27.0 Å². The summed E-state index contributed by atoms with van der Waals surface area (Å²) in [5.41, 5.74) is 11.1. The lowest BCUT2D eigenvalue weighted by Crippen LogP contribution is -2.31. The smallest absolute Gasteiger partial charge is 0.186 e. The van der Waals surface area contributed by atoms with Crippen LogP contribution in [0.15, 0.2) is 45.5 Å². The zero-order chi connectivity index (χ0) is 23.0. The molecule has 7 nitrogen and oxygen atoms in total. The van der Waals surface area contributed by atoms with Gasteiger partial charge in [0.15, 0.2) is 10.3 Å². The predicted molar refractivity (Wildman–Crippen MR) is 134 cm³/mol. The minimum atomic E-state index is -0.244. The van der Waals surface area contributed by atoms with Gasteiger partial charge in [-0.3, -0.25) is 15.8 Å². The molecule has 0 radical (unpaired) electrons. The molecule has 10 heteroatoms. The van der Waals surface area contributed by atoms with Gasteiger partial charge in [0.05, 0.1) is 5.71 Å². The number of hydrazone groups is 2. The largest absolute Gasteiger partial charge is 0.364 e. The monoisotopic (exact) mass is 461 g/mol. The van der Waals surface area contributed by atoms with Crippen molar-refractivity contribution >= 4 is 45.7 Å². The van der Waals surface area contributed by atoms with Crippen molar-refractivity contribution < 1.29 is 4.39 Å². The van der Waals surface area contributed by atoms with Gasteiger partial charge < -0.3 is 9.88 Å². The number of halogens is 1. The molecule has 1 heterocycles. The van der Waals surface area contributed by atoms with Gasteiger partial charge in [0.2, 0.25) is 0 Å². The topological polar surface area (TPSA) is 78.1 Å². The Bertz CT molecular complexity index is 1010. The van der Waals surface area contributed by atoms with Gasteiger partial charge in [0.25, 0.3) is 0 Å². The quantitative estimate of drug-likeness (QED) is 0.266. The maximum atomic E-state index is 13.3. The number of nitrogens with zero attached hydrogens (tertiary/aromatic N) is 4. The van der Waals surface area contributed by atoms with Gasteiger partial charge in [0.1, 0.15) is 11.5 Å². The lowest BCUT2D eigenvalue weighted by molar-refractivity contribution is 0.626. The molecule has 0 saturated carbocycles. The first kappa shape index (κ1) is 24.5. The van der Waals surface area contributed by atoms with E-state index in [2.05, 4.69) is 42.0 Å². The maximum absolute atomic E-state index is 13.3. The summed E-state index contributed by atoms with van der Waals surface area (Å²) in [4.78, 5) is 4.13. The van der Waals surface area contributed by atoms with Crippen LogP contribution in [0.4, 0.5) is 4.39 Å². The Labute approximate surface area is 192 Å². The summed E-state index contributed by atoms with van der Waals surface area (Å²) >= 11 is 6.64. The first-order valence-electron chi connectivity index (χ1n) is 9.59. The zero-order valence-electron chi connectivity index (χ0n) is 18.6. The van der Waals surface area contributed by atoms with Crippen molar-refractivity contribution in [1.82, 2.24) is 20.7 Å². The molecule has 0 aliphatic rings. The van der Waals surface area contributed by atoms with Crippen LogP contribution in [0.5, 0.6) is 0 Å². The fraction of sp³-hybridized carbons (Fsp3) is 0.333. The Balaban J connectivity index is 2.44. The molecular weight excluding hydrogens is 433 g/mol. The van der Waals surface area contributed by atoms with Crippen LogP contribution in [-0.4, -0.2) is 46.6 Å². The van der Waals surface area contributed by atoms with Crippen molar-refractivity contribution in [2.75, 3.05) is 20.4 Å². The van der Waals surface area contributed by atoms with Crippen LogP contribution < -0.4 is 16.2 Å². The van der Waals surface area contributed by atoms with Gasteiger partial charge >= 0.3 is 0 Å². The highest BCUT2D eigenvalue weighted by Gasteiger charge is 2.17. The molecule has 1 aromatic heterocycles. The number of nitrogens with one attached hydrogen (secondary N) is 3. The van der Waals surface area contributed by atoms with E-state index in [4.69, 9.17) is 12.2 Å². The highest BCUT2D eigenvalue weighted by Crippen LogP contribution is 2.19. The first-order valence-corrected chi connectivity index (χ1v) is 11.2. The standard InChI is InChI=1S/C21H28FN7S2/c1-13-11-18(15(3)29(13)12-16-7-9-17(22)10-8-16)19(26-27-20(30)23-4)14(2)25-28-21(24-5)31-6/h7-11H,12H2,1-6H3,(H,24,28)(H2,23,27,30)/b25-14+,26-19-. The van der Waals surface area contributed by atoms with E-state index in [1.54, 1.807) is 26.2 Å². The normalized spacial score (nSPS) is 12.7. The fourth-order valence-electron chi connectivity index (χ4n) is 2.93. The molecule has 0 atom stereocenters. The Kier molecular flexibility index (Phi) is 9.20. The average molecular weight is 462 g/mol. The molecule has 0 spiro atoms. The third-order valence-corrected chi connectivity index (χ3v) is 5.59. The summed E-state index contributed by atoms with van der Waals surface area (Å²) < 4.78 is 15.4. The Morgan fingerprint density at radius 1 is 1.16 bits per heavy atom. The second-order valence-corrected chi connectivity index (χ2v) is 7.89. The second-order valence-electron chi connectivity index (χ2n) is 6.69. The fourth-order valence-corrected chi connectivity index (χ4v) is 3.29. The van der Waals surface area contributed by atoms with Crippen LogP contribution in [0.1, 0.15) is 29.4 Å². The Hall–Kier alpha value is -2.72. The van der Waals surface area contributed by atoms with Gasteiger partial charge in [0, 0.05) is 37.6 Å². The summed E-state index contributed by atoms with van der Waals surface area (Å²) in [7, 11) is 3.43. The van der Waals surface area contributed by atoms with Gasteiger partial charge in [-0.1, -0.05) is 23.9 Å². The van der Waals surface area contributed by atoms with Crippen molar-refractivity contribution in [2.24, 2.45) is 15.2 Å². The highest BCUT2D eigenvalue weighted by molar-refractivity contribution is 8.13. The zero-order valence-corrected chi connectivity index (χ0v) is 20.2. The molecule has 0 aliphatic heterocycles. The van der Waals surface area contributed by atoms with Crippen LogP contribution in [-0.2, 0) is 6.54 Å². The summed E-state index contributed by atoms with van der Waals surface area (Å²) in [6, 6.07) is 8.59. The molecule has 1 aromatic carbocycles. The molecule has 2 aromatic rings. The van der Waals surface area contributed by atoms with E-state index in [0.717, 1.165) is 22.5 Å². The number of thioether (sulfide) groups is 1. The van der Waals surface area contributed by atoms with E-state index in [9.17, 15) is 4.39 Å². The lowest BCUT2D eigenvalue weighted by Gasteiger charge is -2.12. The van der Waals surface area contributed by atoms with Crippen LogP contribution in [0.25, 0.3) is 0 Å². The number of rotatable bonds is 6. The number of hydrogen-bond donors (Lipinski definition) is 3. The summed E-state index contributed by atoms with van der Waals surface area (Å²) in [6.45, 7) is 6.56. The third-order valence-electron chi connectivity index (χ3n) is 4.64. The number of amidine groups is 1. The first-order chi connectivity index (χ1) is 14.8. The summed E-state index contributed by atoms with van der Waals surface area (Å²) in [5.74, 6) is -0.244. The van der Waals surface area contributed by atoms with Gasteiger partial charge in [-0.2, -0.15) is 10.2 Å². The van der Waals surface area contributed by atoms with Crippen molar-refractivity contribution in [1.29, 1.82) is 0 Å². The number of thiocarbonyl (C=S) groups is 1. The molecule has 0 amide bonds. The Morgan fingerprint density at radius 2 is 1.84 bits per heavy atom. The van der Waals surface area contributed by atoms with Crippen LogP contribution in [0.2, 0.25) is 0 Å². The predicted octanol–water partition coefficient (Wildman–Crippen LogP) is 3.40. The molecule has 0 aliphatic carbocycles. The third kappa shape index (κ3) is 6.63. The lowest BCUT2D eigenvalue weighted by atomic mass is 10.1. The molecule has 3 N–H and O–H groups in total. The number of aryl methyl sites for hydroxylation is 1. The van der Waals surface area contributed by atoms with Gasteiger partial charge in [-0.15, -0.1) is 0 Å². The number of hydrogen-bond acceptors (Lipinski definition) is 5. The van der Waals surface area contributed by atoms with Gasteiger partial charge in [-0.25, -0.2) is 4.39 Å². The van der Waals surface area contributed by atoms with Crippen molar-refractivity contribution in [3.05, 3.63) is 58.7 Å². The minimum absolute atomic E-state index is 0.244. The maximum Gasteiger partial charge on any atom is 0.186 e. The molecule has 31 heavy (non-hydrogen) atoms. The van der Waals surface area contributed by atoms with E-state index in [1.165, 1.54) is 23.9 Å². The Morgan fingerprint density at radius 3 is 2.42 bits per heavy atom. The minimum Gasteiger partial charge on any atom is -0.364 e. The van der Waals surface area contributed by atoms with Crippen molar-refractivity contribution in [3.63, 3.8) is 0 Å².